The molecule has 174 valence electrons. The van der Waals surface area contributed by atoms with Gasteiger partial charge in [0.2, 0.25) is 29.0 Å². The van der Waals surface area contributed by atoms with Gasteiger partial charge in [0.15, 0.2) is 0 Å². The molecular weight excluding hydrogens is 513 g/mol. The molecule has 0 N–H and O–H groups in total. The quantitative estimate of drug-likeness (QED) is 0.333. The highest BCUT2D eigenvalue weighted by molar-refractivity contribution is 6.40. The predicted molar refractivity (Wildman–Crippen MR) is 129 cm³/mol. The number of amides is 2. The van der Waals surface area contributed by atoms with Gasteiger partial charge in [-0.3, -0.25) is 19.2 Å². The molecule has 9 heteroatoms. The lowest BCUT2D eigenvalue weighted by Crippen LogP contribution is -2.51. The molecule has 6 nitrogen and oxygen atoms in total. The van der Waals surface area contributed by atoms with Gasteiger partial charge in [-0.15, -0.1) is 0 Å². The van der Waals surface area contributed by atoms with Crippen LogP contribution in [0, 0.1) is 11.8 Å². The van der Waals surface area contributed by atoms with Gasteiger partial charge in [-0.05, 0) is 35.9 Å². The van der Waals surface area contributed by atoms with Crippen molar-refractivity contribution in [1.82, 2.24) is 0 Å². The number of ether oxygens (including phenoxy) is 1. The van der Waals surface area contributed by atoms with Crippen LogP contribution in [0.2, 0.25) is 15.1 Å². The zero-order valence-electron chi connectivity index (χ0n) is 17.7. The van der Waals surface area contributed by atoms with Gasteiger partial charge in [0.25, 0.3) is 0 Å². The van der Waals surface area contributed by atoms with E-state index in [1.807, 2.05) is 0 Å². The molecule has 0 radical (unpaired) electrons. The van der Waals surface area contributed by atoms with Gasteiger partial charge in [0, 0.05) is 21.2 Å². The zero-order valence-corrected chi connectivity index (χ0v) is 20.0. The molecule has 0 saturated carbocycles. The van der Waals surface area contributed by atoms with Crippen LogP contribution in [0.3, 0.4) is 0 Å². The Bertz CT molecular complexity index is 1430. The molecule has 0 bridgehead atoms. The van der Waals surface area contributed by atoms with Gasteiger partial charge in [-0.25, -0.2) is 4.90 Å². The Morgan fingerprint density at radius 2 is 1.34 bits per heavy atom. The fourth-order valence-corrected chi connectivity index (χ4v) is 5.99. The lowest BCUT2D eigenvalue weighted by atomic mass is 9.77. The predicted octanol–water partition coefficient (Wildman–Crippen LogP) is 5.34. The number of carbonyl (C=O) groups excluding carboxylic acids is 4. The van der Waals surface area contributed by atoms with Crippen LogP contribution in [0.5, 0.6) is 0 Å². The Morgan fingerprint density at radius 1 is 0.743 bits per heavy atom. The normalized spacial score (nSPS) is 24.4. The van der Waals surface area contributed by atoms with Crippen LogP contribution in [0.4, 0.5) is 5.69 Å². The number of halogens is 3. The average Bonchev–Trinajstić information content (AvgIpc) is 3.40. The highest BCUT2D eigenvalue weighted by Crippen LogP contribution is 2.58. The topological polar surface area (TPSA) is 80.8 Å². The fourth-order valence-electron chi connectivity index (χ4n) is 5.37. The van der Waals surface area contributed by atoms with Crippen LogP contribution in [0.15, 0.2) is 66.7 Å². The highest BCUT2D eigenvalue weighted by atomic mass is 35.5. The maximum absolute atomic E-state index is 13.9. The summed E-state index contributed by atoms with van der Waals surface area (Å²) in [6.07, 6.45) is -1.04. The molecule has 3 aromatic carbocycles. The van der Waals surface area contributed by atoms with Crippen LogP contribution in [-0.2, 0) is 14.3 Å². The van der Waals surface area contributed by atoms with Gasteiger partial charge >= 0.3 is 0 Å². The molecule has 3 aliphatic rings. The first-order chi connectivity index (χ1) is 16.8. The molecule has 2 heterocycles. The Hall–Kier alpha value is -3.03. The number of anilines is 1. The summed E-state index contributed by atoms with van der Waals surface area (Å²) in [6, 6.07) is 17.2. The van der Waals surface area contributed by atoms with Crippen molar-refractivity contribution in [2.24, 2.45) is 11.8 Å². The van der Waals surface area contributed by atoms with Crippen LogP contribution in [0.1, 0.15) is 32.4 Å². The smallest absolute Gasteiger partial charge is 0.241 e. The number of hydrogen-bond donors (Lipinski definition) is 0. The van der Waals surface area contributed by atoms with E-state index in [-0.39, 0.29) is 21.8 Å². The van der Waals surface area contributed by atoms with Gasteiger partial charge in [0.05, 0.1) is 28.6 Å². The van der Waals surface area contributed by atoms with Crippen molar-refractivity contribution in [3.8, 4) is 0 Å². The third kappa shape index (κ3) is 2.94. The Morgan fingerprint density at radius 3 is 1.94 bits per heavy atom. The largest absolute Gasteiger partial charge is 0.349 e. The Labute approximate surface area is 214 Å². The zero-order chi connectivity index (χ0) is 24.6. The van der Waals surface area contributed by atoms with E-state index in [0.717, 1.165) is 4.90 Å². The van der Waals surface area contributed by atoms with E-state index in [1.165, 1.54) is 30.3 Å². The van der Waals surface area contributed by atoms with Crippen LogP contribution >= 0.6 is 34.8 Å². The van der Waals surface area contributed by atoms with Gasteiger partial charge in [-0.1, -0.05) is 71.2 Å². The van der Waals surface area contributed by atoms with Crippen molar-refractivity contribution in [3.05, 3.63) is 98.5 Å². The Kier molecular flexibility index (Phi) is 4.96. The Balaban J connectivity index is 1.55. The summed E-state index contributed by atoms with van der Waals surface area (Å²) in [5, 5.41) is 0.875. The third-order valence-corrected chi connectivity index (χ3v) is 7.66. The summed E-state index contributed by atoms with van der Waals surface area (Å²) in [4.78, 5) is 56.0. The molecule has 1 spiro atoms. The van der Waals surface area contributed by atoms with Crippen molar-refractivity contribution < 1.29 is 23.9 Å². The number of imide groups is 1. The molecule has 3 atom stereocenters. The highest BCUT2D eigenvalue weighted by Gasteiger charge is 2.74. The molecule has 0 aromatic heterocycles. The van der Waals surface area contributed by atoms with E-state index < -0.39 is 46.9 Å². The molecule has 2 aliphatic heterocycles. The number of hydrogen-bond acceptors (Lipinski definition) is 5. The van der Waals surface area contributed by atoms with Crippen molar-refractivity contribution in [3.63, 3.8) is 0 Å². The van der Waals surface area contributed by atoms with E-state index >= 15 is 0 Å². The second-order valence-corrected chi connectivity index (χ2v) is 9.92. The maximum atomic E-state index is 13.9. The molecule has 2 saturated heterocycles. The minimum absolute atomic E-state index is 0.0875. The first-order valence-electron chi connectivity index (χ1n) is 10.7. The van der Waals surface area contributed by atoms with Crippen LogP contribution in [-0.4, -0.2) is 29.0 Å². The van der Waals surface area contributed by atoms with Crippen LogP contribution in [0.25, 0.3) is 0 Å². The molecule has 2 fully saturated rings. The molecule has 6 rings (SSSR count). The van der Waals surface area contributed by atoms with Crippen molar-refractivity contribution in [2.75, 3.05) is 4.90 Å². The number of ketones is 2. The molecule has 3 unspecified atom stereocenters. The number of benzene rings is 3. The number of carbonyl (C=O) groups is 4. The molecular formula is C26H14Cl3NO5. The van der Waals surface area contributed by atoms with E-state index in [9.17, 15) is 19.2 Å². The van der Waals surface area contributed by atoms with Crippen molar-refractivity contribution in [2.45, 2.75) is 11.7 Å². The maximum Gasteiger partial charge on any atom is 0.241 e. The van der Waals surface area contributed by atoms with Gasteiger partial charge in [-0.2, -0.15) is 0 Å². The minimum atomic E-state index is -2.15. The number of nitrogens with zero attached hydrogens (tertiary/aromatic N) is 1. The van der Waals surface area contributed by atoms with E-state index in [4.69, 9.17) is 39.5 Å². The first-order valence-corrected chi connectivity index (χ1v) is 11.8. The second kappa shape index (κ2) is 7.73. The first kappa shape index (κ1) is 22.4. The number of rotatable bonds is 2. The molecule has 2 amide bonds. The standard InChI is InChI=1S/C26H14Cl3NO5/c27-13-7-5-12(6-8-13)21-19-20(25(34)30(24(19)33)18-10-9-14(28)11-17(18)29)26(35-21)22(31)15-3-1-2-4-16(15)23(26)32/h1-11,19-21H. The molecule has 3 aromatic rings. The van der Waals surface area contributed by atoms with E-state index in [2.05, 4.69) is 0 Å². The van der Waals surface area contributed by atoms with Gasteiger partial charge < -0.3 is 4.74 Å². The van der Waals surface area contributed by atoms with Crippen molar-refractivity contribution >= 4 is 63.9 Å². The lowest BCUT2D eigenvalue weighted by molar-refractivity contribution is -0.127. The number of fused-ring (bicyclic) bond motifs is 3. The van der Waals surface area contributed by atoms with Crippen molar-refractivity contribution in [1.29, 1.82) is 0 Å². The SMILES string of the molecule is O=C1C2C(c3ccc(Cl)cc3)OC3(C(=O)c4ccccc4C3=O)C2C(=O)N1c1ccc(Cl)cc1Cl. The second-order valence-electron chi connectivity index (χ2n) is 8.64. The summed E-state index contributed by atoms with van der Waals surface area (Å²) in [5.41, 5.74) is -1.18. The van der Waals surface area contributed by atoms with E-state index in [0.29, 0.717) is 15.6 Å². The van der Waals surface area contributed by atoms with E-state index in [1.54, 1.807) is 36.4 Å². The number of Topliss-reactive ketones (excluding diaryl/α,β-unsaturated/α-hetero) is 2. The summed E-state index contributed by atoms with van der Waals surface area (Å²) < 4.78 is 6.22. The third-order valence-electron chi connectivity index (χ3n) is 6.87. The monoisotopic (exact) mass is 525 g/mol. The molecule has 1 aliphatic carbocycles. The summed E-state index contributed by atoms with van der Waals surface area (Å²) in [5.74, 6) is -5.09. The van der Waals surface area contributed by atoms with Crippen LogP contribution < -0.4 is 4.90 Å². The minimum Gasteiger partial charge on any atom is -0.349 e. The summed E-state index contributed by atoms with van der Waals surface area (Å²) in [7, 11) is 0. The lowest BCUT2D eigenvalue weighted by Gasteiger charge is -2.27. The molecule has 35 heavy (non-hydrogen) atoms. The summed E-state index contributed by atoms with van der Waals surface area (Å²) in [6.45, 7) is 0. The fraction of sp³-hybridized carbons (Fsp3) is 0.154. The van der Waals surface area contributed by atoms with Gasteiger partial charge in [0.1, 0.15) is 0 Å². The summed E-state index contributed by atoms with van der Waals surface area (Å²) >= 11 is 18.4. The average molecular weight is 527 g/mol.